The van der Waals surface area contributed by atoms with Crippen LogP contribution in [0.1, 0.15) is 0 Å². The Morgan fingerprint density at radius 1 is 0.455 bits per heavy atom. The van der Waals surface area contributed by atoms with Crippen molar-refractivity contribution in [2.75, 3.05) is 4.90 Å². The molecule has 0 aliphatic carbocycles. The zero-order chi connectivity index (χ0) is 29.3. The maximum absolute atomic E-state index is 5.24. The monoisotopic (exact) mass is 565 g/mol. The number of hydrogen-bond donors (Lipinski definition) is 0. The first kappa shape index (κ1) is 25.6. The van der Waals surface area contributed by atoms with E-state index in [9.17, 15) is 0 Å². The van der Waals surface area contributed by atoms with Gasteiger partial charge in [-0.05, 0) is 72.8 Å². The molecule has 208 valence electrons. The van der Waals surface area contributed by atoms with E-state index in [1.54, 1.807) is 0 Å². The molecule has 8 aromatic rings. The molecule has 0 saturated carbocycles. The molecule has 0 aliphatic heterocycles. The van der Waals surface area contributed by atoms with E-state index >= 15 is 0 Å². The van der Waals surface area contributed by atoms with E-state index in [-0.39, 0.29) is 0 Å². The van der Waals surface area contributed by atoms with E-state index in [1.807, 2.05) is 73.1 Å². The van der Waals surface area contributed by atoms with Crippen LogP contribution in [0.5, 0.6) is 0 Å². The van der Waals surface area contributed by atoms with Crippen LogP contribution < -0.4 is 4.90 Å². The fourth-order valence-electron chi connectivity index (χ4n) is 5.89. The molecule has 5 heteroatoms. The zero-order valence-electron chi connectivity index (χ0n) is 23.8. The summed E-state index contributed by atoms with van der Waals surface area (Å²) in [6, 6.07) is 52.1. The third kappa shape index (κ3) is 4.57. The van der Waals surface area contributed by atoms with E-state index < -0.39 is 0 Å². The molecule has 0 spiro atoms. The first-order valence-corrected chi connectivity index (χ1v) is 14.6. The number of aromatic nitrogens is 4. The summed E-state index contributed by atoms with van der Waals surface area (Å²) in [4.78, 5) is 16.8. The summed E-state index contributed by atoms with van der Waals surface area (Å²) in [6.45, 7) is 0. The standard InChI is InChI=1S/C39H27N5/c1-3-12-30(13-4-1)43(31-14-5-2-6-15-31)39-27-29(23-25-41-39)35-18-11-20-38(42-35)44-36-19-8-7-16-32(36)33-22-21-28(26-37(33)44)34-17-9-10-24-40-34/h1-27H. The van der Waals surface area contributed by atoms with Gasteiger partial charge in [-0.3, -0.25) is 14.5 Å². The lowest BCUT2D eigenvalue weighted by Crippen LogP contribution is -2.11. The van der Waals surface area contributed by atoms with Crippen molar-refractivity contribution in [3.63, 3.8) is 0 Å². The molecule has 0 radical (unpaired) electrons. The molecule has 0 N–H and O–H groups in total. The highest BCUT2D eigenvalue weighted by Gasteiger charge is 2.17. The van der Waals surface area contributed by atoms with Gasteiger partial charge < -0.3 is 0 Å². The summed E-state index contributed by atoms with van der Waals surface area (Å²) in [5.41, 5.74) is 8.16. The van der Waals surface area contributed by atoms with Gasteiger partial charge in [0.1, 0.15) is 11.6 Å². The van der Waals surface area contributed by atoms with E-state index in [2.05, 4.69) is 105 Å². The van der Waals surface area contributed by atoms with Gasteiger partial charge in [0.15, 0.2) is 0 Å². The summed E-state index contributed by atoms with van der Waals surface area (Å²) in [6.07, 6.45) is 3.69. The molecule has 0 bridgehead atoms. The molecule has 0 amide bonds. The molecular formula is C39H27N5. The summed E-state index contributed by atoms with van der Waals surface area (Å²) in [5, 5.41) is 2.37. The lowest BCUT2D eigenvalue weighted by molar-refractivity contribution is 1.08. The molecule has 8 rings (SSSR count). The number of fused-ring (bicyclic) bond motifs is 3. The maximum Gasteiger partial charge on any atom is 0.138 e. The Morgan fingerprint density at radius 3 is 1.91 bits per heavy atom. The van der Waals surface area contributed by atoms with Crippen LogP contribution >= 0.6 is 0 Å². The fraction of sp³-hybridized carbons (Fsp3) is 0. The van der Waals surface area contributed by atoms with Crippen molar-refractivity contribution >= 4 is 39.0 Å². The van der Waals surface area contributed by atoms with Gasteiger partial charge in [0.25, 0.3) is 0 Å². The second kappa shape index (κ2) is 11.0. The number of rotatable bonds is 6. The van der Waals surface area contributed by atoms with Crippen molar-refractivity contribution in [1.29, 1.82) is 0 Å². The second-order valence-corrected chi connectivity index (χ2v) is 10.6. The van der Waals surface area contributed by atoms with E-state index in [0.717, 1.165) is 56.6 Å². The van der Waals surface area contributed by atoms with Gasteiger partial charge in [-0.1, -0.05) is 78.9 Å². The largest absolute Gasteiger partial charge is 0.295 e. The van der Waals surface area contributed by atoms with Crippen LogP contribution in [-0.4, -0.2) is 19.5 Å². The second-order valence-electron chi connectivity index (χ2n) is 10.6. The van der Waals surface area contributed by atoms with Crippen molar-refractivity contribution in [3.05, 3.63) is 164 Å². The zero-order valence-corrected chi connectivity index (χ0v) is 23.8. The molecule has 4 aromatic heterocycles. The molecule has 4 aromatic carbocycles. The van der Waals surface area contributed by atoms with Crippen LogP contribution in [-0.2, 0) is 0 Å². The first-order valence-electron chi connectivity index (χ1n) is 14.6. The van der Waals surface area contributed by atoms with Crippen molar-refractivity contribution in [3.8, 4) is 28.3 Å². The fourth-order valence-corrected chi connectivity index (χ4v) is 5.89. The van der Waals surface area contributed by atoms with Crippen LogP contribution in [0.15, 0.2) is 164 Å². The van der Waals surface area contributed by atoms with Gasteiger partial charge in [-0.15, -0.1) is 0 Å². The van der Waals surface area contributed by atoms with Gasteiger partial charge in [-0.25, -0.2) is 9.97 Å². The van der Waals surface area contributed by atoms with Crippen LogP contribution in [0.25, 0.3) is 50.1 Å². The number of para-hydroxylation sites is 3. The van der Waals surface area contributed by atoms with Crippen LogP contribution in [0.2, 0.25) is 0 Å². The van der Waals surface area contributed by atoms with E-state index in [4.69, 9.17) is 9.97 Å². The van der Waals surface area contributed by atoms with Crippen molar-refractivity contribution < 1.29 is 0 Å². The van der Waals surface area contributed by atoms with Crippen molar-refractivity contribution in [1.82, 2.24) is 19.5 Å². The van der Waals surface area contributed by atoms with Gasteiger partial charge >= 0.3 is 0 Å². The van der Waals surface area contributed by atoms with E-state index in [1.165, 1.54) is 10.8 Å². The Labute approximate surface area is 255 Å². The Hall–Kier alpha value is -6.07. The average Bonchev–Trinajstić information content (AvgIpc) is 3.44. The molecular weight excluding hydrogens is 538 g/mol. The Morgan fingerprint density at radius 2 is 1.14 bits per heavy atom. The molecule has 4 heterocycles. The quantitative estimate of drug-likeness (QED) is 0.201. The van der Waals surface area contributed by atoms with Gasteiger partial charge in [0.2, 0.25) is 0 Å². The molecule has 0 fully saturated rings. The SMILES string of the molecule is c1ccc(N(c2ccccc2)c2cc(-c3cccc(-n4c5ccccc5c5ccc(-c6ccccn6)cc54)n3)ccn2)cc1. The summed E-state index contributed by atoms with van der Waals surface area (Å²) in [7, 11) is 0. The minimum absolute atomic E-state index is 0.823. The maximum atomic E-state index is 5.24. The Bertz CT molecular complexity index is 2190. The Kier molecular flexibility index (Phi) is 6.39. The highest BCUT2D eigenvalue weighted by molar-refractivity contribution is 6.10. The average molecular weight is 566 g/mol. The lowest BCUT2D eigenvalue weighted by Gasteiger charge is -2.24. The first-order chi connectivity index (χ1) is 21.8. The normalized spacial score (nSPS) is 11.2. The summed E-state index contributed by atoms with van der Waals surface area (Å²) in [5.74, 6) is 1.68. The number of hydrogen-bond acceptors (Lipinski definition) is 4. The highest BCUT2D eigenvalue weighted by atomic mass is 15.2. The summed E-state index contributed by atoms with van der Waals surface area (Å²) < 4.78 is 2.25. The molecule has 5 nitrogen and oxygen atoms in total. The van der Waals surface area contributed by atoms with Gasteiger partial charge in [-0.2, -0.15) is 0 Å². The third-order valence-corrected chi connectivity index (χ3v) is 7.90. The molecule has 0 atom stereocenters. The third-order valence-electron chi connectivity index (χ3n) is 7.90. The molecule has 0 saturated heterocycles. The topological polar surface area (TPSA) is 46.8 Å². The lowest BCUT2D eigenvalue weighted by atomic mass is 10.1. The minimum atomic E-state index is 0.823. The summed E-state index contributed by atoms with van der Waals surface area (Å²) >= 11 is 0. The number of pyridine rings is 3. The van der Waals surface area contributed by atoms with Gasteiger partial charge in [0, 0.05) is 45.7 Å². The van der Waals surface area contributed by atoms with E-state index in [0.29, 0.717) is 0 Å². The minimum Gasteiger partial charge on any atom is -0.295 e. The van der Waals surface area contributed by atoms with Crippen LogP contribution in [0.4, 0.5) is 17.2 Å². The molecule has 0 aliphatic rings. The molecule has 0 unspecified atom stereocenters. The molecule has 44 heavy (non-hydrogen) atoms. The van der Waals surface area contributed by atoms with Crippen LogP contribution in [0, 0.1) is 0 Å². The smallest absolute Gasteiger partial charge is 0.138 e. The van der Waals surface area contributed by atoms with Crippen molar-refractivity contribution in [2.24, 2.45) is 0 Å². The number of anilines is 3. The predicted octanol–water partition coefficient (Wildman–Crippen LogP) is 9.77. The number of benzene rings is 4. The highest BCUT2D eigenvalue weighted by Crippen LogP contribution is 2.36. The number of nitrogens with zero attached hydrogens (tertiary/aromatic N) is 5. The Balaban J connectivity index is 1.27. The van der Waals surface area contributed by atoms with Crippen molar-refractivity contribution in [2.45, 2.75) is 0 Å². The van der Waals surface area contributed by atoms with Gasteiger partial charge in [0.05, 0.1) is 22.4 Å². The van der Waals surface area contributed by atoms with Crippen LogP contribution in [0.3, 0.4) is 0 Å². The predicted molar refractivity (Wildman–Crippen MR) is 180 cm³/mol.